The molecule has 14 heavy (non-hydrogen) atoms. The molecule has 1 rings (SSSR count). The Kier molecular flexibility index (Phi) is 3.62. The topological polar surface area (TPSA) is 72.2 Å². The number of nitrogens with two attached hydrogens (primary N) is 1. The van der Waals surface area contributed by atoms with Crippen molar-refractivity contribution in [1.82, 2.24) is 5.32 Å². The number of hydrogen-bond acceptors (Lipinski definition) is 3. The fourth-order valence-electron chi connectivity index (χ4n) is 1.19. The molecule has 0 aliphatic rings. The Bertz CT molecular complexity index is 384. The van der Waals surface area contributed by atoms with Gasteiger partial charge in [0.25, 0.3) is 0 Å². The largest absolute Gasteiger partial charge is 0.316 e. The minimum Gasteiger partial charge on any atom is -0.316 e. The van der Waals surface area contributed by atoms with E-state index in [4.69, 9.17) is 5.14 Å². The van der Waals surface area contributed by atoms with Gasteiger partial charge in [0, 0.05) is 6.54 Å². The number of sulfonamides is 1. The van der Waals surface area contributed by atoms with Crippen LogP contribution in [0, 0.1) is 0 Å². The van der Waals surface area contributed by atoms with Crippen molar-refractivity contribution in [3.63, 3.8) is 0 Å². The van der Waals surface area contributed by atoms with Gasteiger partial charge in [-0.25, -0.2) is 13.6 Å². The van der Waals surface area contributed by atoms with Crippen molar-refractivity contribution in [3.8, 4) is 0 Å². The predicted molar refractivity (Wildman–Crippen MR) is 56.0 cm³/mol. The minimum atomic E-state index is -3.42. The van der Waals surface area contributed by atoms with Crippen molar-refractivity contribution in [1.29, 1.82) is 0 Å². The summed E-state index contributed by atoms with van der Waals surface area (Å²) in [6.07, 6.45) is 0. The van der Waals surface area contributed by atoms with Gasteiger partial charge in [0.2, 0.25) is 10.0 Å². The Morgan fingerprint density at radius 1 is 1.21 bits per heavy atom. The van der Waals surface area contributed by atoms with E-state index < -0.39 is 10.0 Å². The van der Waals surface area contributed by atoms with Crippen molar-refractivity contribution in [2.45, 2.75) is 12.3 Å². The van der Waals surface area contributed by atoms with E-state index in [0.717, 1.165) is 12.1 Å². The summed E-state index contributed by atoms with van der Waals surface area (Å²) < 4.78 is 21.6. The Morgan fingerprint density at radius 3 is 2.14 bits per heavy atom. The zero-order valence-corrected chi connectivity index (χ0v) is 8.84. The molecule has 0 saturated carbocycles. The standard InChI is InChI=1S/C9H14N2O2S/c1-11-6-8-2-4-9(5-3-8)7-14(10,12)13/h2-5,11H,6-7H2,1H3,(H2,10,12,13). The molecular formula is C9H14N2O2S. The van der Waals surface area contributed by atoms with E-state index in [-0.39, 0.29) is 5.75 Å². The van der Waals surface area contributed by atoms with E-state index in [1.54, 1.807) is 12.1 Å². The van der Waals surface area contributed by atoms with E-state index in [1.807, 2.05) is 19.2 Å². The molecule has 0 radical (unpaired) electrons. The average Bonchev–Trinajstić information content (AvgIpc) is 2.06. The second-order valence-corrected chi connectivity index (χ2v) is 4.77. The molecule has 78 valence electrons. The van der Waals surface area contributed by atoms with Crippen LogP contribution in [-0.2, 0) is 22.3 Å². The van der Waals surface area contributed by atoms with Gasteiger partial charge in [0.1, 0.15) is 0 Å². The Morgan fingerprint density at radius 2 is 1.71 bits per heavy atom. The first-order chi connectivity index (χ1) is 6.51. The molecule has 1 aromatic carbocycles. The van der Waals surface area contributed by atoms with Gasteiger partial charge in [-0.2, -0.15) is 0 Å². The molecule has 0 unspecified atom stereocenters. The lowest BCUT2D eigenvalue weighted by molar-refractivity contribution is 0.597. The third-order valence-electron chi connectivity index (χ3n) is 1.77. The normalized spacial score (nSPS) is 11.6. The average molecular weight is 214 g/mol. The highest BCUT2D eigenvalue weighted by Crippen LogP contribution is 2.06. The number of hydrogen-bond donors (Lipinski definition) is 2. The molecule has 0 aliphatic carbocycles. The van der Waals surface area contributed by atoms with Crippen molar-refractivity contribution in [3.05, 3.63) is 35.4 Å². The van der Waals surface area contributed by atoms with Crippen LogP contribution in [0.15, 0.2) is 24.3 Å². The number of primary sulfonamides is 1. The van der Waals surface area contributed by atoms with Gasteiger partial charge in [-0.1, -0.05) is 24.3 Å². The lowest BCUT2D eigenvalue weighted by atomic mass is 10.1. The Labute approximate surface area is 84.2 Å². The summed E-state index contributed by atoms with van der Waals surface area (Å²) in [5.74, 6) is -0.104. The van der Waals surface area contributed by atoms with Gasteiger partial charge >= 0.3 is 0 Å². The van der Waals surface area contributed by atoms with Crippen LogP contribution in [0.2, 0.25) is 0 Å². The molecule has 0 aromatic heterocycles. The smallest absolute Gasteiger partial charge is 0.213 e. The van der Waals surface area contributed by atoms with Crippen LogP contribution in [0.25, 0.3) is 0 Å². The van der Waals surface area contributed by atoms with E-state index in [0.29, 0.717) is 5.56 Å². The van der Waals surface area contributed by atoms with Crippen molar-refractivity contribution in [2.24, 2.45) is 5.14 Å². The van der Waals surface area contributed by atoms with Gasteiger partial charge < -0.3 is 5.32 Å². The van der Waals surface area contributed by atoms with E-state index in [2.05, 4.69) is 5.32 Å². The molecular weight excluding hydrogens is 200 g/mol. The van der Waals surface area contributed by atoms with Crippen molar-refractivity contribution in [2.75, 3.05) is 7.05 Å². The predicted octanol–water partition coefficient (Wildman–Crippen LogP) is 0.195. The van der Waals surface area contributed by atoms with Crippen LogP contribution in [0.5, 0.6) is 0 Å². The quantitative estimate of drug-likeness (QED) is 0.751. The molecule has 0 saturated heterocycles. The van der Waals surface area contributed by atoms with E-state index in [9.17, 15) is 8.42 Å². The van der Waals surface area contributed by atoms with Gasteiger partial charge in [-0.15, -0.1) is 0 Å². The van der Waals surface area contributed by atoms with Crippen LogP contribution >= 0.6 is 0 Å². The summed E-state index contributed by atoms with van der Waals surface area (Å²) in [5, 5.41) is 7.93. The molecule has 0 atom stereocenters. The zero-order valence-electron chi connectivity index (χ0n) is 8.03. The summed E-state index contributed by atoms with van der Waals surface area (Å²) in [7, 11) is -1.56. The maximum absolute atomic E-state index is 10.8. The van der Waals surface area contributed by atoms with Crippen molar-refractivity contribution >= 4 is 10.0 Å². The molecule has 0 amide bonds. The number of rotatable bonds is 4. The molecule has 0 spiro atoms. The third-order valence-corrected chi connectivity index (χ3v) is 2.51. The summed E-state index contributed by atoms with van der Waals surface area (Å²) >= 11 is 0. The summed E-state index contributed by atoms with van der Waals surface area (Å²) in [6.45, 7) is 0.773. The zero-order chi connectivity index (χ0) is 10.6. The molecule has 0 bridgehead atoms. The van der Waals surface area contributed by atoms with Crippen LogP contribution in [0.1, 0.15) is 11.1 Å². The molecule has 0 fully saturated rings. The van der Waals surface area contributed by atoms with Gasteiger partial charge in [-0.05, 0) is 18.2 Å². The van der Waals surface area contributed by atoms with Gasteiger partial charge in [-0.3, -0.25) is 0 Å². The highest BCUT2D eigenvalue weighted by Gasteiger charge is 2.03. The first kappa shape index (κ1) is 11.2. The van der Waals surface area contributed by atoms with Crippen LogP contribution in [-0.4, -0.2) is 15.5 Å². The van der Waals surface area contributed by atoms with Gasteiger partial charge in [0.15, 0.2) is 0 Å². The minimum absolute atomic E-state index is 0.104. The molecule has 0 heterocycles. The SMILES string of the molecule is CNCc1ccc(CS(N)(=O)=O)cc1. The fourth-order valence-corrected chi connectivity index (χ4v) is 1.85. The molecule has 1 aromatic rings. The Hall–Kier alpha value is -0.910. The molecule has 0 aliphatic heterocycles. The number of benzene rings is 1. The first-order valence-electron chi connectivity index (χ1n) is 4.24. The van der Waals surface area contributed by atoms with E-state index >= 15 is 0 Å². The summed E-state index contributed by atoms with van der Waals surface area (Å²) in [4.78, 5) is 0. The maximum atomic E-state index is 10.8. The fraction of sp³-hybridized carbons (Fsp3) is 0.333. The Balaban J connectivity index is 2.74. The van der Waals surface area contributed by atoms with Crippen LogP contribution < -0.4 is 10.5 Å². The lowest BCUT2D eigenvalue weighted by Gasteiger charge is -2.02. The molecule has 3 N–H and O–H groups in total. The lowest BCUT2D eigenvalue weighted by Crippen LogP contribution is -2.14. The maximum Gasteiger partial charge on any atom is 0.213 e. The van der Waals surface area contributed by atoms with E-state index in [1.165, 1.54) is 0 Å². The van der Waals surface area contributed by atoms with Crippen LogP contribution in [0.4, 0.5) is 0 Å². The number of nitrogens with one attached hydrogen (secondary N) is 1. The highest BCUT2D eigenvalue weighted by atomic mass is 32.2. The summed E-state index contributed by atoms with van der Waals surface area (Å²) in [5.41, 5.74) is 1.83. The van der Waals surface area contributed by atoms with Crippen molar-refractivity contribution < 1.29 is 8.42 Å². The monoisotopic (exact) mass is 214 g/mol. The second-order valence-electron chi connectivity index (χ2n) is 3.15. The summed E-state index contributed by atoms with van der Waals surface area (Å²) in [6, 6.07) is 7.32. The molecule has 5 heteroatoms. The third kappa shape index (κ3) is 3.87. The highest BCUT2D eigenvalue weighted by molar-refractivity contribution is 7.88. The van der Waals surface area contributed by atoms with Crippen LogP contribution in [0.3, 0.4) is 0 Å². The molecule has 4 nitrogen and oxygen atoms in total. The van der Waals surface area contributed by atoms with Gasteiger partial charge in [0.05, 0.1) is 5.75 Å². The first-order valence-corrected chi connectivity index (χ1v) is 5.96. The second kappa shape index (κ2) is 4.54.